The first-order valence-corrected chi connectivity index (χ1v) is 6.18. The van der Waals surface area contributed by atoms with Crippen molar-refractivity contribution >= 4 is 6.29 Å². The summed E-state index contributed by atoms with van der Waals surface area (Å²) in [6.45, 7) is 4.03. The molecule has 0 unspecified atom stereocenters. The van der Waals surface area contributed by atoms with Crippen molar-refractivity contribution in [3.63, 3.8) is 0 Å². The molecule has 0 atom stereocenters. The lowest BCUT2D eigenvalue weighted by Gasteiger charge is -1.98. The molecule has 0 aromatic carbocycles. The number of allylic oxidation sites excluding steroid dienone is 1. The maximum atomic E-state index is 10.3. The molecular formula is C14H24O. The predicted molar refractivity (Wildman–Crippen MR) is 65.9 cm³/mol. The van der Waals surface area contributed by atoms with Gasteiger partial charge in [0.2, 0.25) is 0 Å². The Morgan fingerprint density at radius 2 is 1.67 bits per heavy atom. The predicted octanol–water partition coefficient (Wildman–Crippen LogP) is 4.43. The zero-order chi connectivity index (χ0) is 11.4. The number of unbranched alkanes of at least 4 members (excludes halogenated alkanes) is 7. The third-order valence-electron chi connectivity index (χ3n) is 2.46. The van der Waals surface area contributed by atoms with E-state index < -0.39 is 0 Å². The summed E-state index contributed by atoms with van der Waals surface area (Å²) in [4.78, 5) is 10.3. The monoisotopic (exact) mass is 208 g/mol. The zero-order valence-corrected chi connectivity index (χ0v) is 10.2. The van der Waals surface area contributed by atoms with Crippen molar-refractivity contribution in [2.75, 3.05) is 0 Å². The summed E-state index contributed by atoms with van der Waals surface area (Å²) >= 11 is 0. The number of rotatable bonds is 9. The van der Waals surface area contributed by atoms with Gasteiger partial charge in [0.05, 0.1) is 0 Å². The van der Waals surface area contributed by atoms with Gasteiger partial charge < -0.3 is 0 Å². The first-order chi connectivity index (χ1) is 7.31. The minimum absolute atomic E-state index is 0.693. The summed E-state index contributed by atoms with van der Waals surface area (Å²) in [5.74, 6) is 0. The average Bonchev–Trinajstić information content (AvgIpc) is 2.26. The van der Waals surface area contributed by atoms with Crippen LogP contribution in [-0.2, 0) is 4.79 Å². The second-order valence-corrected chi connectivity index (χ2v) is 4.06. The van der Waals surface area contributed by atoms with Crippen LogP contribution in [0.2, 0.25) is 0 Å². The summed E-state index contributed by atoms with van der Waals surface area (Å²) in [5.41, 5.74) is 3.66. The summed E-state index contributed by atoms with van der Waals surface area (Å²) in [7, 11) is 0. The van der Waals surface area contributed by atoms with Gasteiger partial charge in [-0.15, -0.1) is 5.73 Å². The Bertz CT molecular complexity index is 209. The van der Waals surface area contributed by atoms with Gasteiger partial charge in [-0.1, -0.05) is 45.4 Å². The summed E-state index contributed by atoms with van der Waals surface area (Å²) in [6, 6.07) is 0. The smallest absolute Gasteiger partial charge is 0.153 e. The molecule has 0 amide bonds. The van der Waals surface area contributed by atoms with Crippen LogP contribution in [0, 0.1) is 0 Å². The molecule has 1 nitrogen and oxygen atoms in total. The standard InChI is InChI=1S/C14H24O/c1-3-4-5-6-7-8-9-10-11-12-14(2)13-15/h11,13H,3-10H2,1-2H3. The Morgan fingerprint density at radius 3 is 2.27 bits per heavy atom. The molecule has 1 heteroatoms. The summed E-state index contributed by atoms with van der Waals surface area (Å²) in [6.07, 6.45) is 13.2. The number of carbonyl (C=O) groups excluding carboxylic acids is 1. The Morgan fingerprint density at radius 1 is 1.07 bits per heavy atom. The van der Waals surface area contributed by atoms with Gasteiger partial charge in [-0.05, 0) is 25.8 Å². The largest absolute Gasteiger partial charge is 0.298 e. The molecule has 15 heavy (non-hydrogen) atoms. The van der Waals surface area contributed by atoms with Crippen LogP contribution >= 0.6 is 0 Å². The van der Waals surface area contributed by atoms with Crippen LogP contribution in [0.4, 0.5) is 0 Å². The summed E-state index contributed by atoms with van der Waals surface area (Å²) in [5, 5.41) is 0. The molecule has 0 saturated heterocycles. The van der Waals surface area contributed by atoms with E-state index in [4.69, 9.17) is 0 Å². The molecule has 0 aromatic rings. The van der Waals surface area contributed by atoms with Crippen LogP contribution in [0.25, 0.3) is 0 Å². The lowest BCUT2D eigenvalue weighted by molar-refractivity contribution is -0.104. The van der Waals surface area contributed by atoms with Crippen molar-refractivity contribution in [1.82, 2.24) is 0 Å². The third kappa shape index (κ3) is 11.1. The van der Waals surface area contributed by atoms with E-state index in [1.165, 1.54) is 44.9 Å². The number of hydrogen-bond donors (Lipinski definition) is 0. The molecule has 0 spiro atoms. The molecule has 0 saturated carbocycles. The molecule has 0 bridgehead atoms. The van der Waals surface area contributed by atoms with E-state index in [2.05, 4.69) is 12.7 Å². The fourth-order valence-corrected chi connectivity index (χ4v) is 1.47. The van der Waals surface area contributed by atoms with E-state index in [9.17, 15) is 4.79 Å². The molecule has 86 valence electrons. The van der Waals surface area contributed by atoms with Gasteiger partial charge in [-0.2, -0.15) is 0 Å². The number of aldehydes is 1. The van der Waals surface area contributed by atoms with Crippen LogP contribution in [0.1, 0.15) is 65.2 Å². The van der Waals surface area contributed by atoms with Crippen molar-refractivity contribution in [2.45, 2.75) is 65.2 Å². The minimum Gasteiger partial charge on any atom is -0.298 e. The van der Waals surface area contributed by atoms with Gasteiger partial charge in [-0.25, -0.2) is 0 Å². The maximum Gasteiger partial charge on any atom is 0.153 e. The molecule has 0 aliphatic heterocycles. The molecule has 0 aromatic heterocycles. The maximum absolute atomic E-state index is 10.3. The van der Waals surface area contributed by atoms with Crippen molar-refractivity contribution in [3.05, 3.63) is 17.4 Å². The Labute approximate surface area is 94.3 Å². The van der Waals surface area contributed by atoms with E-state index in [1.807, 2.05) is 6.08 Å². The zero-order valence-electron chi connectivity index (χ0n) is 10.2. The van der Waals surface area contributed by atoms with Gasteiger partial charge in [0.25, 0.3) is 0 Å². The van der Waals surface area contributed by atoms with E-state index >= 15 is 0 Å². The van der Waals surface area contributed by atoms with Crippen molar-refractivity contribution in [1.29, 1.82) is 0 Å². The van der Waals surface area contributed by atoms with Gasteiger partial charge in [0, 0.05) is 5.57 Å². The molecule has 0 heterocycles. The lowest BCUT2D eigenvalue weighted by atomic mass is 10.1. The van der Waals surface area contributed by atoms with Crippen LogP contribution in [-0.4, -0.2) is 6.29 Å². The SMILES string of the molecule is CCCCCCCCCC=C=C(C)C=O. The highest BCUT2D eigenvalue weighted by Gasteiger charge is 1.89. The van der Waals surface area contributed by atoms with Crippen molar-refractivity contribution in [3.8, 4) is 0 Å². The third-order valence-corrected chi connectivity index (χ3v) is 2.46. The summed E-state index contributed by atoms with van der Waals surface area (Å²) < 4.78 is 0. The average molecular weight is 208 g/mol. The van der Waals surface area contributed by atoms with Crippen LogP contribution < -0.4 is 0 Å². The molecule has 0 fully saturated rings. The molecule has 0 aliphatic carbocycles. The topological polar surface area (TPSA) is 17.1 Å². The number of hydrogen-bond acceptors (Lipinski definition) is 1. The molecular weight excluding hydrogens is 184 g/mol. The Hall–Kier alpha value is -0.810. The Kier molecular flexibility index (Phi) is 10.7. The van der Waals surface area contributed by atoms with Crippen LogP contribution in [0.3, 0.4) is 0 Å². The molecule has 0 rings (SSSR count). The minimum atomic E-state index is 0.693. The normalized spacial score (nSPS) is 9.47. The van der Waals surface area contributed by atoms with E-state index in [0.29, 0.717) is 5.57 Å². The van der Waals surface area contributed by atoms with Gasteiger partial charge in [0.1, 0.15) is 0 Å². The highest BCUT2D eigenvalue weighted by molar-refractivity contribution is 5.71. The molecule has 0 radical (unpaired) electrons. The fourth-order valence-electron chi connectivity index (χ4n) is 1.47. The number of carbonyl (C=O) groups is 1. The quantitative estimate of drug-likeness (QED) is 0.237. The van der Waals surface area contributed by atoms with E-state index in [-0.39, 0.29) is 0 Å². The second-order valence-electron chi connectivity index (χ2n) is 4.06. The molecule has 0 aliphatic rings. The molecule has 0 N–H and O–H groups in total. The first kappa shape index (κ1) is 14.2. The van der Waals surface area contributed by atoms with Crippen molar-refractivity contribution in [2.24, 2.45) is 0 Å². The first-order valence-electron chi connectivity index (χ1n) is 6.18. The van der Waals surface area contributed by atoms with Gasteiger partial charge in [0.15, 0.2) is 6.29 Å². The highest BCUT2D eigenvalue weighted by Crippen LogP contribution is 2.08. The highest BCUT2D eigenvalue weighted by atomic mass is 16.1. The van der Waals surface area contributed by atoms with Crippen LogP contribution in [0.5, 0.6) is 0 Å². The fraction of sp³-hybridized carbons (Fsp3) is 0.714. The lowest BCUT2D eigenvalue weighted by Crippen LogP contribution is -1.78. The van der Waals surface area contributed by atoms with Crippen LogP contribution in [0.15, 0.2) is 17.4 Å². The van der Waals surface area contributed by atoms with E-state index in [1.54, 1.807) is 6.92 Å². The van der Waals surface area contributed by atoms with Crippen molar-refractivity contribution < 1.29 is 4.79 Å². The Balaban J connectivity index is 3.25. The van der Waals surface area contributed by atoms with Gasteiger partial charge >= 0.3 is 0 Å². The second kappa shape index (κ2) is 11.3. The van der Waals surface area contributed by atoms with E-state index in [0.717, 1.165) is 12.7 Å². The van der Waals surface area contributed by atoms with Gasteiger partial charge in [-0.3, -0.25) is 4.79 Å².